The van der Waals surface area contributed by atoms with Crippen molar-refractivity contribution in [3.8, 4) is 5.75 Å². The molecule has 5 heteroatoms. The number of ether oxygens (including phenoxy) is 1. The summed E-state index contributed by atoms with van der Waals surface area (Å²) in [4.78, 5) is 12.2. The Labute approximate surface area is 146 Å². The number of benzene rings is 3. The van der Waals surface area contributed by atoms with Crippen LogP contribution in [-0.4, -0.2) is 5.91 Å². The molecule has 0 saturated carbocycles. The summed E-state index contributed by atoms with van der Waals surface area (Å²) < 4.78 is 5.72. The second-order valence-corrected chi connectivity index (χ2v) is 5.60. The van der Waals surface area contributed by atoms with E-state index in [0.717, 1.165) is 11.3 Å². The largest absolute Gasteiger partial charge is 0.489 e. The predicted molar refractivity (Wildman–Crippen MR) is 100 cm³/mol. The first-order valence-corrected chi connectivity index (χ1v) is 7.85. The molecule has 126 valence electrons. The van der Waals surface area contributed by atoms with E-state index < -0.39 is 0 Å². The molecule has 0 aliphatic carbocycles. The van der Waals surface area contributed by atoms with Gasteiger partial charge >= 0.3 is 0 Å². The summed E-state index contributed by atoms with van der Waals surface area (Å²) in [6.07, 6.45) is 0. The zero-order chi connectivity index (χ0) is 17.6. The first kappa shape index (κ1) is 16.4. The molecule has 0 unspecified atom stereocenters. The maximum Gasteiger partial charge on any atom is 0.255 e. The fourth-order valence-corrected chi connectivity index (χ4v) is 2.29. The van der Waals surface area contributed by atoms with Gasteiger partial charge in [0.05, 0.1) is 11.4 Å². The number of anilines is 3. The summed E-state index contributed by atoms with van der Waals surface area (Å²) in [5, 5.41) is 2.82. The number of rotatable bonds is 5. The van der Waals surface area contributed by atoms with E-state index in [1.165, 1.54) is 0 Å². The van der Waals surface area contributed by atoms with E-state index in [0.29, 0.717) is 29.2 Å². The number of hydrogen-bond donors (Lipinski definition) is 3. The van der Waals surface area contributed by atoms with Crippen LogP contribution >= 0.6 is 0 Å². The highest BCUT2D eigenvalue weighted by Crippen LogP contribution is 2.20. The van der Waals surface area contributed by atoms with Crippen LogP contribution in [0.1, 0.15) is 15.9 Å². The minimum Gasteiger partial charge on any atom is -0.489 e. The molecule has 0 spiro atoms. The average Bonchev–Trinajstić information content (AvgIpc) is 2.64. The molecule has 0 radical (unpaired) electrons. The minimum absolute atomic E-state index is 0.246. The molecule has 0 aliphatic rings. The predicted octanol–water partition coefficient (Wildman–Crippen LogP) is 3.68. The second-order valence-electron chi connectivity index (χ2n) is 5.60. The summed E-state index contributed by atoms with van der Waals surface area (Å²) in [5.41, 5.74) is 14.5. The van der Waals surface area contributed by atoms with Crippen molar-refractivity contribution in [2.24, 2.45) is 0 Å². The molecule has 3 aromatic rings. The van der Waals surface area contributed by atoms with Gasteiger partial charge in [0.25, 0.3) is 5.91 Å². The topological polar surface area (TPSA) is 90.4 Å². The van der Waals surface area contributed by atoms with Crippen LogP contribution in [0, 0.1) is 0 Å². The lowest BCUT2D eigenvalue weighted by molar-refractivity contribution is 0.102. The molecule has 0 bridgehead atoms. The molecule has 1 amide bonds. The van der Waals surface area contributed by atoms with E-state index in [1.807, 2.05) is 42.5 Å². The van der Waals surface area contributed by atoms with Crippen LogP contribution in [-0.2, 0) is 6.61 Å². The molecular formula is C20H19N3O2. The minimum atomic E-state index is -0.246. The Morgan fingerprint density at radius 2 is 1.60 bits per heavy atom. The van der Waals surface area contributed by atoms with Crippen LogP contribution in [0.25, 0.3) is 0 Å². The highest BCUT2D eigenvalue weighted by Gasteiger charge is 2.08. The number of amides is 1. The summed E-state index contributed by atoms with van der Waals surface area (Å²) >= 11 is 0. The van der Waals surface area contributed by atoms with Crippen LogP contribution in [0.4, 0.5) is 17.1 Å². The van der Waals surface area contributed by atoms with Crippen molar-refractivity contribution in [1.82, 2.24) is 0 Å². The average molecular weight is 333 g/mol. The number of hydrogen-bond acceptors (Lipinski definition) is 4. The van der Waals surface area contributed by atoms with Gasteiger partial charge in [0.2, 0.25) is 0 Å². The third-order valence-corrected chi connectivity index (χ3v) is 3.71. The normalized spacial score (nSPS) is 10.2. The van der Waals surface area contributed by atoms with Gasteiger partial charge in [0, 0.05) is 11.3 Å². The Morgan fingerprint density at radius 1 is 0.880 bits per heavy atom. The second kappa shape index (κ2) is 7.40. The van der Waals surface area contributed by atoms with E-state index in [4.69, 9.17) is 16.2 Å². The van der Waals surface area contributed by atoms with Crippen molar-refractivity contribution in [1.29, 1.82) is 0 Å². The summed E-state index contributed by atoms with van der Waals surface area (Å²) in [6.45, 7) is 0.497. The van der Waals surface area contributed by atoms with Crippen molar-refractivity contribution in [3.63, 3.8) is 0 Å². The van der Waals surface area contributed by atoms with Crippen molar-refractivity contribution in [3.05, 3.63) is 83.9 Å². The Bertz CT molecular complexity index is 862. The molecule has 3 aromatic carbocycles. The molecule has 0 aromatic heterocycles. The molecule has 0 saturated heterocycles. The number of carbonyl (C=O) groups excluding carboxylic acids is 1. The first-order chi connectivity index (χ1) is 12.1. The summed E-state index contributed by atoms with van der Waals surface area (Å²) in [7, 11) is 0. The van der Waals surface area contributed by atoms with E-state index >= 15 is 0 Å². The molecule has 25 heavy (non-hydrogen) atoms. The third-order valence-electron chi connectivity index (χ3n) is 3.71. The Balaban J connectivity index is 1.60. The lowest BCUT2D eigenvalue weighted by Crippen LogP contribution is -2.12. The lowest BCUT2D eigenvalue weighted by atomic mass is 10.1. The number of nitrogens with one attached hydrogen (secondary N) is 1. The fourth-order valence-electron chi connectivity index (χ4n) is 2.29. The van der Waals surface area contributed by atoms with Crippen molar-refractivity contribution in [2.75, 3.05) is 16.8 Å². The zero-order valence-corrected chi connectivity index (χ0v) is 13.6. The standard InChI is InChI=1S/C20H19N3O2/c21-18-11-6-15(12-19(18)22)20(24)23-16-7-9-17(10-8-16)25-13-14-4-2-1-3-5-14/h1-12H,13,21-22H2,(H,23,24). The van der Waals surface area contributed by atoms with Crippen LogP contribution in [0.15, 0.2) is 72.8 Å². The van der Waals surface area contributed by atoms with E-state index in [2.05, 4.69) is 5.32 Å². The fraction of sp³-hybridized carbons (Fsp3) is 0.0500. The van der Waals surface area contributed by atoms with Gasteiger partial charge in [-0.1, -0.05) is 30.3 Å². The van der Waals surface area contributed by atoms with Gasteiger partial charge in [-0.25, -0.2) is 0 Å². The molecule has 0 aliphatic heterocycles. The highest BCUT2D eigenvalue weighted by molar-refractivity contribution is 6.05. The maximum absolute atomic E-state index is 12.2. The van der Waals surface area contributed by atoms with Gasteiger partial charge in [-0.3, -0.25) is 4.79 Å². The van der Waals surface area contributed by atoms with Crippen LogP contribution < -0.4 is 21.5 Å². The van der Waals surface area contributed by atoms with E-state index in [1.54, 1.807) is 30.3 Å². The number of nitrogen functional groups attached to an aromatic ring is 2. The zero-order valence-electron chi connectivity index (χ0n) is 13.6. The molecule has 0 heterocycles. The van der Waals surface area contributed by atoms with Gasteiger partial charge in [-0.05, 0) is 48.0 Å². The van der Waals surface area contributed by atoms with Gasteiger partial charge in [0.1, 0.15) is 12.4 Å². The van der Waals surface area contributed by atoms with Crippen LogP contribution in [0.5, 0.6) is 5.75 Å². The van der Waals surface area contributed by atoms with Crippen molar-refractivity contribution in [2.45, 2.75) is 6.61 Å². The van der Waals surface area contributed by atoms with Gasteiger partial charge in [-0.2, -0.15) is 0 Å². The SMILES string of the molecule is Nc1ccc(C(=O)Nc2ccc(OCc3ccccc3)cc2)cc1N. The monoisotopic (exact) mass is 333 g/mol. The highest BCUT2D eigenvalue weighted by atomic mass is 16.5. The van der Waals surface area contributed by atoms with E-state index in [9.17, 15) is 4.79 Å². The molecule has 5 nitrogen and oxygen atoms in total. The lowest BCUT2D eigenvalue weighted by Gasteiger charge is -2.09. The number of carbonyl (C=O) groups is 1. The van der Waals surface area contributed by atoms with Gasteiger partial charge < -0.3 is 21.5 Å². The third kappa shape index (κ3) is 4.29. The Morgan fingerprint density at radius 3 is 2.28 bits per heavy atom. The van der Waals surface area contributed by atoms with Gasteiger partial charge in [0.15, 0.2) is 0 Å². The quantitative estimate of drug-likeness (QED) is 0.621. The summed E-state index contributed by atoms with van der Waals surface area (Å²) in [6, 6.07) is 22.0. The molecule has 0 atom stereocenters. The van der Waals surface area contributed by atoms with Crippen molar-refractivity contribution < 1.29 is 9.53 Å². The molecule has 3 rings (SSSR count). The first-order valence-electron chi connectivity index (χ1n) is 7.85. The smallest absolute Gasteiger partial charge is 0.255 e. The van der Waals surface area contributed by atoms with E-state index in [-0.39, 0.29) is 5.91 Å². The number of nitrogens with two attached hydrogens (primary N) is 2. The van der Waals surface area contributed by atoms with Crippen LogP contribution in [0.3, 0.4) is 0 Å². The Kier molecular flexibility index (Phi) is 4.85. The molecular weight excluding hydrogens is 314 g/mol. The molecule has 5 N–H and O–H groups in total. The van der Waals surface area contributed by atoms with Crippen molar-refractivity contribution >= 4 is 23.0 Å². The maximum atomic E-state index is 12.2. The Hall–Kier alpha value is -3.47. The van der Waals surface area contributed by atoms with Gasteiger partial charge in [-0.15, -0.1) is 0 Å². The summed E-state index contributed by atoms with van der Waals surface area (Å²) in [5.74, 6) is 0.489. The molecule has 0 fully saturated rings. The van der Waals surface area contributed by atoms with Crippen LogP contribution in [0.2, 0.25) is 0 Å².